The molecule has 4 nitrogen and oxygen atoms in total. The van der Waals surface area contributed by atoms with Crippen LogP contribution in [0.1, 0.15) is 30.1 Å². The van der Waals surface area contributed by atoms with E-state index in [1.165, 1.54) is 20.0 Å². The number of piperidine rings is 1. The van der Waals surface area contributed by atoms with Gasteiger partial charge in [0, 0.05) is 12.5 Å². The molecule has 1 aromatic rings. The molecule has 104 valence electrons. The van der Waals surface area contributed by atoms with Gasteiger partial charge in [-0.25, -0.2) is 4.79 Å². The van der Waals surface area contributed by atoms with E-state index in [1.807, 2.05) is 12.1 Å². The summed E-state index contributed by atoms with van der Waals surface area (Å²) in [6, 6.07) is 7.15. The number of carbonyl (C=O) groups excluding carboxylic acids is 1. The number of esters is 1. The second kappa shape index (κ2) is 6.57. The van der Waals surface area contributed by atoms with Crippen molar-refractivity contribution in [2.24, 2.45) is 5.92 Å². The van der Waals surface area contributed by atoms with Gasteiger partial charge in [0.2, 0.25) is 0 Å². The van der Waals surface area contributed by atoms with Gasteiger partial charge in [-0.1, -0.05) is 6.07 Å². The van der Waals surface area contributed by atoms with Gasteiger partial charge in [0.25, 0.3) is 0 Å². The van der Waals surface area contributed by atoms with Gasteiger partial charge in [-0.2, -0.15) is 0 Å². The second-order valence-corrected chi connectivity index (χ2v) is 4.95. The maximum Gasteiger partial charge on any atom is 0.337 e. The van der Waals surface area contributed by atoms with Crippen LogP contribution in [0, 0.1) is 5.92 Å². The highest BCUT2D eigenvalue weighted by Gasteiger charge is 2.21. The van der Waals surface area contributed by atoms with Gasteiger partial charge < -0.3 is 14.8 Å². The number of nitrogens with one attached hydrogen (secondary N) is 1. The molecule has 1 aliphatic heterocycles. The monoisotopic (exact) mass is 263 g/mol. The summed E-state index contributed by atoms with van der Waals surface area (Å²) in [6.45, 7) is 4.18. The largest absolute Gasteiger partial charge is 0.490 e. The fourth-order valence-corrected chi connectivity index (χ4v) is 2.40. The average molecular weight is 263 g/mol. The van der Waals surface area contributed by atoms with Crippen molar-refractivity contribution in [3.63, 3.8) is 0 Å². The molecule has 0 aliphatic carbocycles. The predicted octanol–water partition coefficient (Wildman–Crippen LogP) is 2.24. The van der Waals surface area contributed by atoms with E-state index >= 15 is 0 Å². The van der Waals surface area contributed by atoms with Crippen LogP contribution in [0.25, 0.3) is 0 Å². The van der Waals surface area contributed by atoms with E-state index in [9.17, 15) is 4.79 Å². The summed E-state index contributed by atoms with van der Waals surface area (Å²) in [6.07, 6.45) is 2.52. The molecule has 1 fully saturated rings. The minimum Gasteiger partial charge on any atom is -0.490 e. The fraction of sp³-hybridized carbons (Fsp3) is 0.533. The number of ether oxygens (including phenoxy) is 2. The first-order chi connectivity index (χ1) is 9.20. The number of hydrogen-bond donors (Lipinski definition) is 1. The molecule has 1 saturated heterocycles. The van der Waals surface area contributed by atoms with E-state index in [1.54, 1.807) is 12.1 Å². The highest BCUT2D eigenvalue weighted by molar-refractivity contribution is 5.89. The summed E-state index contributed by atoms with van der Waals surface area (Å²) in [5.41, 5.74) is 0.522. The first kappa shape index (κ1) is 13.9. The standard InChI is InChI=1S/C15H21NO3/c1-11(13-6-4-8-16-10-13)19-14-7-3-5-12(9-14)15(17)18-2/h3,5,7,9,11,13,16H,4,6,8,10H2,1-2H3. The SMILES string of the molecule is COC(=O)c1cccc(OC(C)C2CCCNC2)c1. The predicted molar refractivity (Wildman–Crippen MR) is 73.5 cm³/mol. The van der Waals surface area contributed by atoms with E-state index < -0.39 is 0 Å². The van der Waals surface area contributed by atoms with Crippen LogP contribution >= 0.6 is 0 Å². The minimum absolute atomic E-state index is 0.140. The van der Waals surface area contributed by atoms with Gasteiger partial charge in [-0.05, 0) is 44.5 Å². The number of benzene rings is 1. The van der Waals surface area contributed by atoms with Crippen molar-refractivity contribution in [3.8, 4) is 5.75 Å². The molecule has 19 heavy (non-hydrogen) atoms. The molecule has 1 aromatic carbocycles. The number of carbonyl (C=O) groups is 1. The van der Waals surface area contributed by atoms with Gasteiger partial charge in [0.1, 0.15) is 5.75 Å². The van der Waals surface area contributed by atoms with E-state index in [2.05, 4.69) is 12.2 Å². The Bertz CT molecular complexity index is 427. The van der Waals surface area contributed by atoms with Crippen molar-refractivity contribution in [1.82, 2.24) is 5.32 Å². The molecule has 4 heteroatoms. The molecule has 1 aliphatic rings. The molecular weight excluding hydrogens is 242 g/mol. The van der Waals surface area contributed by atoms with E-state index in [4.69, 9.17) is 9.47 Å². The Morgan fingerprint density at radius 1 is 1.47 bits per heavy atom. The summed E-state index contributed by atoms with van der Waals surface area (Å²) in [4.78, 5) is 11.5. The number of methoxy groups -OCH3 is 1. The van der Waals surface area contributed by atoms with Crippen LogP contribution in [0.2, 0.25) is 0 Å². The Kier molecular flexibility index (Phi) is 4.80. The second-order valence-electron chi connectivity index (χ2n) is 4.95. The van der Waals surface area contributed by atoms with Crippen LogP contribution in [0.15, 0.2) is 24.3 Å². The van der Waals surface area contributed by atoms with Crippen LogP contribution in [-0.2, 0) is 4.74 Å². The summed E-state index contributed by atoms with van der Waals surface area (Å²) >= 11 is 0. The van der Waals surface area contributed by atoms with Crippen LogP contribution in [-0.4, -0.2) is 32.3 Å². The lowest BCUT2D eigenvalue weighted by atomic mass is 9.94. The molecule has 0 saturated carbocycles. The molecular formula is C15H21NO3. The fourth-order valence-electron chi connectivity index (χ4n) is 2.40. The number of hydrogen-bond acceptors (Lipinski definition) is 4. The van der Waals surface area contributed by atoms with E-state index in [0.29, 0.717) is 11.5 Å². The van der Waals surface area contributed by atoms with Crippen LogP contribution in [0.5, 0.6) is 5.75 Å². The normalized spacial score (nSPS) is 20.6. The topological polar surface area (TPSA) is 47.6 Å². The van der Waals surface area contributed by atoms with E-state index in [-0.39, 0.29) is 12.1 Å². The molecule has 1 N–H and O–H groups in total. The van der Waals surface area contributed by atoms with Crippen molar-refractivity contribution in [1.29, 1.82) is 0 Å². The smallest absolute Gasteiger partial charge is 0.337 e. The zero-order valence-corrected chi connectivity index (χ0v) is 11.5. The van der Waals surface area contributed by atoms with Crippen molar-refractivity contribution in [2.45, 2.75) is 25.9 Å². The lowest BCUT2D eigenvalue weighted by Gasteiger charge is -2.28. The summed E-state index contributed by atoms with van der Waals surface area (Å²) < 4.78 is 10.6. The summed E-state index contributed by atoms with van der Waals surface area (Å²) in [5, 5.41) is 3.39. The maximum absolute atomic E-state index is 11.5. The Hall–Kier alpha value is -1.55. The van der Waals surface area contributed by atoms with Crippen LogP contribution in [0.4, 0.5) is 0 Å². The Morgan fingerprint density at radius 2 is 2.32 bits per heavy atom. The minimum atomic E-state index is -0.336. The third-order valence-corrected chi connectivity index (χ3v) is 3.58. The molecule has 2 rings (SSSR count). The molecule has 0 spiro atoms. The molecule has 0 amide bonds. The highest BCUT2D eigenvalue weighted by atomic mass is 16.5. The quantitative estimate of drug-likeness (QED) is 0.846. The first-order valence-corrected chi connectivity index (χ1v) is 6.76. The van der Waals surface area contributed by atoms with Gasteiger partial charge in [-0.15, -0.1) is 0 Å². The zero-order chi connectivity index (χ0) is 13.7. The molecule has 0 radical (unpaired) electrons. The zero-order valence-electron chi connectivity index (χ0n) is 11.5. The lowest BCUT2D eigenvalue weighted by Crippen LogP contribution is -2.37. The van der Waals surface area contributed by atoms with Crippen molar-refractivity contribution in [3.05, 3.63) is 29.8 Å². The lowest BCUT2D eigenvalue weighted by molar-refractivity contribution is 0.0599. The highest BCUT2D eigenvalue weighted by Crippen LogP contribution is 2.21. The molecule has 0 aromatic heterocycles. The molecule has 0 bridgehead atoms. The van der Waals surface area contributed by atoms with Gasteiger partial charge in [-0.3, -0.25) is 0 Å². The van der Waals surface area contributed by atoms with Gasteiger partial charge >= 0.3 is 5.97 Å². The van der Waals surface area contributed by atoms with Gasteiger partial charge in [0.15, 0.2) is 0 Å². The van der Waals surface area contributed by atoms with Crippen molar-refractivity contribution < 1.29 is 14.3 Å². The van der Waals surface area contributed by atoms with Crippen molar-refractivity contribution >= 4 is 5.97 Å². The number of rotatable bonds is 4. The van der Waals surface area contributed by atoms with E-state index in [0.717, 1.165) is 18.8 Å². The summed E-state index contributed by atoms with van der Waals surface area (Å²) in [5.74, 6) is 0.911. The van der Waals surface area contributed by atoms with Crippen LogP contribution in [0.3, 0.4) is 0 Å². The Balaban J connectivity index is 1.99. The third-order valence-electron chi connectivity index (χ3n) is 3.58. The summed E-state index contributed by atoms with van der Waals surface area (Å²) in [7, 11) is 1.38. The molecule has 2 atom stereocenters. The average Bonchev–Trinajstić information content (AvgIpc) is 2.47. The van der Waals surface area contributed by atoms with Crippen LogP contribution < -0.4 is 10.1 Å². The van der Waals surface area contributed by atoms with Gasteiger partial charge in [0.05, 0.1) is 18.8 Å². The molecule has 2 unspecified atom stereocenters. The first-order valence-electron chi connectivity index (χ1n) is 6.76. The maximum atomic E-state index is 11.5. The third kappa shape index (κ3) is 3.70. The van der Waals surface area contributed by atoms with Crippen molar-refractivity contribution in [2.75, 3.05) is 20.2 Å². The Morgan fingerprint density at radius 3 is 3.00 bits per heavy atom. The Labute approximate surface area is 114 Å². The molecule has 1 heterocycles.